The number of hydrogen-bond acceptors (Lipinski definition) is 4. The summed E-state index contributed by atoms with van der Waals surface area (Å²) in [5.41, 5.74) is 1.79. The molecule has 2 aromatic carbocycles. The lowest BCUT2D eigenvalue weighted by Crippen LogP contribution is -2.08. The minimum Gasteiger partial charge on any atom is -0.443 e. The number of hydrogen-bond donors (Lipinski definition) is 0. The van der Waals surface area contributed by atoms with Gasteiger partial charge in [-0.05, 0) is 30.3 Å². The number of rotatable bonds is 2. The average Bonchev–Trinajstić information content (AvgIpc) is 2.86. The summed E-state index contributed by atoms with van der Waals surface area (Å²) in [6.45, 7) is 0. The monoisotopic (exact) mass is 317 g/mol. The van der Waals surface area contributed by atoms with Gasteiger partial charge in [-0.3, -0.25) is 0 Å². The Balaban J connectivity index is 1.86. The van der Waals surface area contributed by atoms with Gasteiger partial charge in [0.05, 0.1) is 5.56 Å². The van der Waals surface area contributed by atoms with Crippen LogP contribution in [-0.2, 0) is 0 Å². The van der Waals surface area contributed by atoms with E-state index in [1.807, 2.05) is 6.07 Å². The predicted molar refractivity (Wildman–Crippen MR) is 73.1 cm³/mol. The second kappa shape index (κ2) is 4.85. The Bertz CT molecular complexity index is 751. The number of nitrogens with zero attached hydrogens (tertiary/aromatic N) is 1. The minimum atomic E-state index is -0.413. The van der Waals surface area contributed by atoms with E-state index in [0.717, 1.165) is 4.47 Å². The van der Waals surface area contributed by atoms with Crippen LogP contribution in [0.4, 0.5) is 0 Å². The molecule has 0 aliphatic carbocycles. The third-order valence-electron chi connectivity index (χ3n) is 2.57. The van der Waals surface area contributed by atoms with Crippen molar-refractivity contribution in [3.05, 3.63) is 58.9 Å². The van der Waals surface area contributed by atoms with Gasteiger partial charge in [-0.1, -0.05) is 22.0 Å². The van der Waals surface area contributed by atoms with Gasteiger partial charge in [0.15, 0.2) is 12.0 Å². The Morgan fingerprint density at radius 2 is 2.11 bits per heavy atom. The number of esters is 1. The van der Waals surface area contributed by atoms with E-state index in [9.17, 15) is 4.79 Å². The molecule has 0 amide bonds. The van der Waals surface area contributed by atoms with E-state index >= 15 is 0 Å². The van der Waals surface area contributed by atoms with Crippen LogP contribution in [0.25, 0.3) is 11.1 Å². The summed E-state index contributed by atoms with van der Waals surface area (Å²) >= 11 is 3.31. The van der Waals surface area contributed by atoms with Crippen LogP contribution in [0.5, 0.6) is 5.75 Å². The molecule has 0 aliphatic rings. The lowest BCUT2D eigenvalue weighted by Gasteiger charge is -2.04. The molecule has 0 radical (unpaired) electrons. The van der Waals surface area contributed by atoms with Gasteiger partial charge in [0.25, 0.3) is 0 Å². The molecule has 0 aliphatic heterocycles. The normalized spacial score (nSPS) is 10.6. The van der Waals surface area contributed by atoms with Gasteiger partial charge in [-0.25, -0.2) is 9.78 Å². The van der Waals surface area contributed by atoms with Crippen molar-refractivity contribution in [3.63, 3.8) is 0 Å². The molecule has 0 bridgehead atoms. The molecule has 3 rings (SSSR count). The number of halogens is 1. The first-order valence-corrected chi connectivity index (χ1v) is 6.33. The van der Waals surface area contributed by atoms with E-state index in [1.165, 1.54) is 6.39 Å². The fourth-order valence-corrected chi connectivity index (χ4v) is 2.08. The molecule has 0 saturated heterocycles. The first kappa shape index (κ1) is 11.9. The molecule has 0 saturated carbocycles. The summed E-state index contributed by atoms with van der Waals surface area (Å²) in [7, 11) is 0. The van der Waals surface area contributed by atoms with E-state index in [4.69, 9.17) is 9.15 Å². The zero-order valence-electron chi connectivity index (χ0n) is 9.67. The summed E-state index contributed by atoms with van der Waals surface area (Å²) in [6, 6.07) is 12.1. The maximum atomic E-state index is 12.0. The highest BCUT2D eigenvalue weighted by molar-refractivity contribution is 9.10. The lowest BCUT2D eigenvalue weighted by molar-refractivity contribution is 0.0735. The van der Waals surface area contributed by atoms with E-state index in [1.54, 1.807) is 36.4 Å². The van der Waals surface area contributed by atoms with Crippen LogP contribution in [0.2, 0.25) is 0 Å². The molecule has 19 heavy (non-hydrogen) atoms. The molecular formula is C14H8BrNO3. The molecule has 4 nitrogen and oxygen atoms in total. The Kier molecular flexibility index (Phi) is 3.05. The molecule has 5 heteroatoms. The first-order valence-electron chi connectivity index (χ1n) is 5.53. The van der Waals surface area contributed by atoms with Crippen LogP contribution in [0.15, 0.2) is 57.7 Å². The highest BCUT2D eigenvalue weighted by Gasteiger charge is 2.10. The molecule has 0 atom stereocenters. The zero-order valence-corrected chi connectivity index (χ0v) is 11.3. The van der Waals surface area contributed by atoms with Gasteiger partial charge < -0.3 is 9.15 Å². The lowest BCUT2D eigenvalue weighted by atomic mass is 10.2. The number of aromatic nitrogens is 1. The smallest absolute Gasteiger partial charge is 0.343 e. The molecule has 0 unspecified atom stereocenters. The Hall–Kier alpha value is -2.14. The maximum absolute atomic E-state index is 12.0. The van der Waals surface area contributed by atoms with Crippen molar-refractivity contribution in [1.29, 1.82) is 0 Å². The molecule has 1 aromatic heterocycles. The number of oxazole rings is 1. The molecule has 0 fully saturated rings. The van der Waals surface area contributed by atoms with Crippen molar-refractivity contribution in [3.8, 4) is 5.75 Å². The topological polar surface area (TPSA) is 52.3 Å². The first-order chi connectivity index (χ1) is 9.22. The Morgan fingerprint density at radius 1 is 1.21 bits per heavy atom. The standard InChI is InChI=1S/C14H8BrNO3/c15-10-3-1-2-9(6-10)14(17)19-11-4-5-13-12(7-11)16-8-18-13/h1-8H. The van der Waals surface area contributed by atoms with Gasteiger partial charge in [-0.2, -0.15) is 0 Å². The van der Waals surface area contributed by atoms with E-state index in [-0.39, 0.29) is 0 Å². The third kappa shape index (κ3) is 2.51. The Morgan fingerprint density at radius 3 is 2.95 bits per heavy atom. The number of carbonyl (C=O) groups is 1. The van der Waals surface area contributed by atoms with Crippen LogP contribution < -0.4 is 4.74 Å². The van der Waals surface area contributed by atoms with Crippen LogP contribution >= 0.6 is 15.9 Å². The molecule has 94 valence electrons. The van der Waals surface area contributed by atoms with Crippen molar-refractivity contribution < 1.29 is 13.9 Å². The molecule has 0 N–H and O–H groups in total. The number of fused-ring (bicyclic) bond motifs is 1. The van der Waals surface area contributed by atoms with E-state index < -0.39 is 5.97 Å². The van der Waals surface area contributed by atoms with Crippen molar-refractivity contribution in [2.24, 2.45) is 0 Å². The molecule has 3 aromatic rings. The molecule has 0 spiro atoms. The summed E-state index contributed by atoms with van der Waals surface area (Å²) in [5, 5.41) is 0. The summed E-state index contributed by atoms with van der Waals surface area (Å²) in [5.74, 6) is 0.0236. The molecular weight excluding hydrogens is 310 g/mol. The van der Waals surface area contributed by atoms with Crippen LogP contribution in [-0.4, -0.2) is 11.0 Å². The highest BCUT2D eigenvalue weighted by Crippen LogP contribution is 2.21. The van der Waals surface area contributed by atoms with Crippen LogP contribution in [0.3, 0.4) is 0 Å². The number of ether oxygens (including phenoxy) is 1. The van der Waals surface area contributed by atoms with Crippen LogP contribution in [0, 0.1) is 0 Å². The minimum absolute atomic E-state index is 0.413. The van der Waals surface area contributed by atoms with Gasteiger partial charge in [0.1, 0.15) is 11.3 Å². The second-order valence-electron chi connectivity index (χ2n) is 3.88. The van der Waals surface area contributed by atoms with Crippen molar-refractivity contribution in [1.82, 2.24) is 4.98 Å². The average molecular weight is 318 g/mol. The Labute approximate surface area is 117 Å². The number of benzene rings is 2. The van der Waals surface area contributed by atoms with E-state index in [2.05, 4.69) is 20.9 Å². The fourth-order valence-electron chi connectivity index (χ4n) is 1.68. The number of carbonyl (C=O) groups excluding carboxylic acids is 1. The maximum Gasteiger partial charge on any atom is 0.343 e. The summed E-state index contributed by atoms with van der Waals surface area (Å²) < 4.78 is 11.2. The zero-order chi connectivity index (χ0) is 13.2. The third-order valence-corrected chi connectivity index (χ3v) is 3.07. The van der Waals surface area contributed by atoms with Gasteiger partial charge in [0.2, 0.25) is 0 Å². The predicted octanol–water partition coefficient (Wildman–Crippen LogP) is 3.81. The SMILES string of the molecule is O=C(Oc1ccc2ocnc2c1)c1cccc(Br)c1. The van der Waals surface area contributed by atoms with Crippen molar-refractivity contribution >= 4 is 33.0 Å². The summed E-state index contributed by atoms with van der Waals surface area (Å²) in [6.07, 6.45) is 1.35. The highest BCUT2D eigenvalue weighted by atomic mass is 79.9. The van der Waals surface area contributed by atoms with Crippen molar-refractivity contribution in [2.75, 3.05) is 0 Å². The largest absolute Gasteiger partial charge is 0.443 e. The molecule has 1 heterocycles. The van der Waals surface area contributed by atoms with Crippen LogP contribution in [0.1, 0.15) is 10.4 Å². The van der Waals surface area contributed by atoms with E-state index in [0.29, 0.717) is 22.4 Å². The van der Waals surface area contributed by atoms with Gasteiger partial charge in [-0.15, -0.1) is 0 Å². The van der Waals surface area contributed by atoms with Gasteiger partial charge >= 0.3 is 5.97 Å². The summed E-state index contributed by atoms with van der Waals surface area (Å²) in [4.78, 5) is 16.0. The second-order valence-corrected chi connectivity index (χ2v) is 4.80. The fraction of sp³-hybridized carbons (Fsp3) is 0. The van der Waals surface area contributed by atoms with Gasteiger partial charge in [0, 0.05) is 10.5 Å². The van der Waals surface area contributed by atoms with Crippen molar-refractivity contribution in [2.45, 2.75) is 0 Å². The quantitative estimate of drug-likeness (QED) is 0.532.